The molecular formula is C43H39N3. The number of rotatable bonds is 2. The van der Waals surface area contributed by atoms with Gasteiger partial charge in [0, 0.05) is 41.1 Å². The van der Waals surface area contributed by atoms with Gasteiger partial charge in [-0.3, -0.25) is 4.98 Å². The van der Waals surface area contributed by atoms with Crippen molar-refractivity contribution in [2.24, 2.45) is 16.3 Å². The lowest BCUT2D eigenvalue weighted by Gasteiger charge is -2.45. The summed E-state index contributed by atoms with van der Waals surface area (Å²) in [7, 11) is 2.29. The van der Waals surface area contributed by atoms with Crippen molar-refractivity contribution in [1.82, 2.24) is 9.88 Å². The van der Waals surface area contributed by atoms with E-state index in [0.717, 1.165) is 41.6 Å². The third-order valence-electron chi connectivity index (χ3n) is 11.3. The van der Waals surface area contributed by atoms with Gasteiger partial charge in [0.15, 0.2) is 0 Å². The zero-order chi connectivity index (χ0) is 31.2. The van der Waals surface area contributed by atoms with E-state index >= 15 is 0 Å². The fourth-order valence-corrected chi connectivity index (χ4v) is 9.36. The van der Waals surface area contributed by atoms with Gasteiger partial charge in [0.05, 0.1) is 17.3 Å². The SMILES string of the molecule is CC1CC=CC2=C1C(C)(C)C1=C2N=C(c2cccc3cccnc23)N(C)C1[C@H]1CCc2cc3ccccc3cc2-c2ccccc21. The molecule has 0 fully saturated rings. The first-order valence-electron chi connectivity index (χ1n) is 16.8. The zero-order valence-electron chi connectivity index (χ0n) is 27.1. The Hall–Kier alpha value is -4.76. The van der Waals surface area contributed by atoms with Crippen molar-refractivity contribution < 1.29 is 0 Å². The average molecular weight is 598 g/mol. The first kappa shape index (κ1) is 27.5. The topological polar surface area (TPSA) is 28.5 Å². The molecule has 2 unspecified atom stereocenters. The van der Waals surface area contributed by atoms with Crippen LogP contribution in [0.5, 0.6) is 0 Å². The van der Waals surface area contributed by atoms with Gasteiger partial charge in [-0.25, -0.2) is 4.99 Å². The summed E-state index contributed by atoms with van der Waals surface area (Å²) >= 11 is 0. The predicted octanol–water partition coefficient (Wildman–Crippen LogP) is 10.0. The van der Waals surface area contributed by atoms with Gasteiger partial charge >= 0.3 is 0 Å². The van der Waals surface area contributed by atoms with Crippen molar-refractivity contribution in [2.45, 2.75) is 52.0 Å². The van der Waals surface area contributed by atoms with Crippen molar-refractivity contribution in [3.63, 3.8) is 0 Å². The lowest BCUT2D eigenvalue weighted by Crippen LogP contribution is -2.48. The van der Waals surface area contributed by atoms with E-state index in [0.29, 0.717) is 5.92 Å². The molecule has 0 saturated carbocycles. The Bertz CT molecular complexity index is 2210. The number of nitrogens with zero attached hydrogens (tertiary/aromatic N) is 3. The van der Waals surface area contributed by atoms with Crippen molar-refractivity contribution in [1.29, 1.82) is 0 Å². The Morgan fingerprint density at radius 2 is 1.52 bits per heavy atom. The van der Waals surface area contributed by atoms with Crippen LogP contribution in [0.3, 0.4) is 0 Å². The molecule has 0 spiro atoms. The zero-order valence-corrected chi connectivity index (χ0v) is 27.1. The predicted molar refractivity (Wildman–Crippen MR) is 191 cm³/mol. The van der Waals surface area contributed by atoms with E-state index in [4.69, 9.17) is 9.98 Å². The molecule has 4 aliphatic rings. The fraction of sp³-hybridized carbons (Fsp3) is 0.256. The maximum absolute atomic E-state index is 5.63. The molecule has 0 bridgehead atoms. The van der Waals surface area contributed by atoms with E-state index in [1.54, 1.807) is 5.57 Å². The van der Waals surface area contributed by atoms with Crippen LogP contribution >= 0.6 is 0 Å². The number of fused-ring (bicyclic) bond motifs is 6. The number of hydrogen-bond donors (Lipinski definition) is 0. The van der Waals surface area contributed by atoms with Crippen LogP contribution < -0.4 is 0 Å². The number of pyridine rings is 1. The molecule has 5 aromatic rings. The molecule has 3 heteroatoms. The van der Waals surface area contributed by atoms with Gasteiger partial charge in [0.2, 0.25) is 0 Å². The molecule has 9 rings (SSSR count). The molecule has 0 N–H and O–H groups in total. The minimum absolute atomic E-state index is 0.0947. The molecule has 1 aromatic heterocycles. The fourth-order valence-electron chi connectivity index (χ4n) is 9.36. The number of benzene rings is 4. The van der Waals surface area contributed by atoms with Crippen LogP contribution in [0.25, 0.3) is 32.8 Å². The number of amidine groups is 1. The first-order valence-corrected chi connectivity index (χ1v) is 16.8. The molecule has 46 heavy (non-hydrogen) atoms. The Balaban J connectivity index is 1.28. The van der Waals surface area contributed by atoms with Crippen LogP contribution in [0.1, 0.15) is 56.2 Å². The highest BCUT2D eigenvalue weighted by Crippen LogP contribution is 2.58. The maximum Gasteiger partial charge on any atom is 0.139 e. The van der Waals surface area contributed by atoms with E-state index in [1.165, 1.54) is 49.9 Å². The number of aliphatic imine (C=N–C) groups is 1. The first-order chi connectivity index (χ1) is 22.4. The Labute approximate surface area is 271 Å². The van der Waals surface area contributed by atoms with E-state index < -0.39 is 0 Å². The molecule has 3 aliphatic carbocycles. The normalized spacial score (nSPS) is 23.2. The summed E-state index contributed by atoms with van der Waals surface area (Å²) in [6, 6.07) is 33.8. The number of allylic oxidation sites excluding steroid dienone is 3. The molecule has 2 heterocycles. The Kier molecular flexibility index (Phi) is 6.06. The summed E-state index contributed by atoms with van der Waals surface area (Å²) in [5, 5.41) is 3.78. The van der Waals surface area contributed by atoms with E-state index in [9.17, 15) is 0 Å². The monoisotopic (exact) mass is 597 g/mol. The van der Waals surface area contributed by atoms with Gasteiger partial charge in [-0.05, 0) is 87.6 Å². The van der Waals surface area contributed by atoms with Gasteiger partial charge in [-0.15, -0.1) is 0 Å². The van der Waals surface area contributed by atoms with Gasteiger partial charge in [0.1, 0.15) is 5.84 Å². The van der Waals surface area contributed by atoms with Gasteiger partial charge in [0.25, 0.3) is 0 Å². The standard InChI is InChI=1S/C43H39N3/c1-26-12-9-19-34-37(26)43(2,3)38-40(34)45-42(35-20-10-15-27-16-11-23-44-39(27)35)46(4)41(38)33-22-21-30-24-28-13-5-6-14-29(28)25-36(30)32-18-8-7-17-31(32)33/h5-11,13-20,23-26,33,41H,12,21-22H2,1-4H3/t26?,33-,41?/m0/s1. The van der Waals surface area contributed by atoms with Crippen molar-refractivity contribution >= 4 is 27.5 Å². The smallest absolute Gasteiger partial charge is 0.139 e. The summed E-state index contributed by atoms with van der Waals surface area (Å²) in [6.45, 7) is 7.33. The van der Waals surface area contributed by atoms with Crippen LogP contribution in [0.15, 0.2) is 137 Å². The summed E-state index contributed by atoms with van der Waals surface area (Å²) in [4.78, 5) is 13.0. The highest BCUT2D eigenvalue weighted by molar-refractivity contribution is 6.10. The average Bonchev–Trinajstić information content (AvgIpc) is 3.20. The molecule has 0 saturated heterocycles. The minimum Gasteiger partial charge on any atom is -0.352 e. The molecule has 3 atom stereocenters. The van der Waals surface area contributed by atoms with E-state index in [2.05, 4.69) is 130 Å². The molecule has 0 radical (unpaired) electrons. The third kappa shape index (κ3) is 3.90. The highest BCUT2D eigenvalue weighted by atomic mass is 15.2. The maximum atomic E-state index is 5.63. The highest BCUT2D eigenvalue weighted by Gasteiger charge is 2.51. The summed E-state index contributed by atoms with van der Waals surface area (Å²) in [6.07, 6.45) is 9.83. The third-order valence-corrected chi connectivity index (χ3v) is 11.3. The Morgan fingerprint density at radius 3 is 2.39 bits per heavy atom. The number of para-hydroxylation sites is 1. The lowest BCUT2D eigenvalue weighted by atomic mass is 9.68. The van der Waals surface area contributed by atoms with Crippen molar-refractivity contribution in [3.8, 4) is 11.1 Å². The number of aromatic nitrogens is 1. The van der Waals surface area contributed by atoms with Crippen molar-refractivity contribution in [2.75, 3.05) is 7.05 Å². The van der Waals surface area contributed by atoms with Crippen LogP contribution in [0.4, 0.5) is 0 Å². The van der Waals surface area contributed by atoms with Crippen LogP contribution in [0.2, 0.25) is 0 Å². The van der Waals surface area contributed by atoms with Crippen LogP contribution in [-0.2, 0) is 6.42 Å². The van der Waals surface area contributed by atoms with Crippen molar-refractivity contribution in [3.05, 3.63) is 148 Å². The molecule has 226 valence electrons. The van der Waals surface area contributed by atoms with Gasteiger partial charge in [-0.1, -0.05) is 106 Å². The second-order valence-corrected chi connectivity index (χ2v) is 14.2. The van der Waals surface area contributed by atoms with Gasteiger partial charge in [-0.2, -0.15) is 0 Å². The largest absolute Gasteiger partial charge is 0.352 e. The Morgan fingerprint density at radius 1 is 0.783 bits per heavy atom. The number of likely N-dealkylation sites (N-methyl/N-ethyl adjacent to an activating group) is 1. The molecule has 1 aliphatic heterocycles. The second-order valence-electron chi connectivity index (χ2n) is 14.2. The number of aryl methyl sites for hydroxylation is 1. The molecular weight excluding hydrogens is 558 g/mol. The second kappa shape index (κ2) is 10.1. The summed E-state index contributed by atoms with van der Waals surface area (Å²) in [5.41, 5.74) is 13.2. The molecule has 3 nitrogen and oxygen atoms in total. The van der Waals surface area contributed by atoms with Crippen LogP contribution in [-0.4, -0.2) is 28.8 Å². The van der Waals surface area contributed by atoms with E-state index in [1.807, 2.05) is 12.3 Å². The van der Waals surface area contributed by atoms with Crippen LogP contribution in [0, 0.1) is 11.3 Å². The molecule has 4 aromatic carbocycles. The van der Waals surface area contributed by atoms with Gasteiger partial charge < -0.3 is 4.90 Å². The quantitative estimate of drug-likeness (QED) is 0.203. The summed E-state index contributed by atoms with van der Waals surface area (Å²) < 4.78 is 0. The molecule has 0 amide bonds. The van der Waals surface area contributed by atoms with E-state index in [-0.39, 0.29) is 17.4 Å². The number of hydrogen-bond acceptors (Lipinski definition) is 3. The minimum atomic E-state index is -0.0947. The lowest BCUT2D eigenvalue weighted by molar-refractivity contribution is 0.292. The summed E-state index contributed by atoms with van der Waals surface area (Å²) in [5.74, 6) is 1.80.